The second-order valence-electron chi connectivity index (χ2n) is 7.14. The minimum absolute atomic E-state index is 0.358. The van der Waals surface area contributed by atoms with E-state index in [0.717, 1.165) is 15.6 Å². The molecule has 9 nitrogen and oxygen atoms in total. The van der Waals surface area contributed by atoms with Gasteiger partial charge < -0.3 is 19.5 Å². The summed E-state index contributed by atoms with van der Waals surface area (Å²) < 4.78 is 16.9. The van der Waals surface area contributed by atoms with Crippen molar-refractivity contribution in [3.63, 3.8) is 0 Å². The summed E-state index contributed by atoms with van der Waals surface area (Å²) in [4.78, 5) is 41.2. The first-order valence-corrected chi connectivity index (χ1v) is 12.1. The molecule has 1 aliphatic heterocycles. The molecule has 0 fully saturated rings. The van der Waals surface area contributed by atoms with E-state index >= 15 is 0 Å². The molecule has 4 rings (SSSR count). The number of fused-ring (bicyclic) bond motifs is 1. The average molecular weight is 500 g/mol. The van der Waals surface area contributed by atoms with Crippen molar-refractivity contribution >= 4 is 46.7 Å². The van der Waals surface area contributed by atoms with E-state index in [4.69, 9.17) is 14.2 Å². The first-order chi connectivity index (χ1) is 16.5. The Hall–Kier alpha value is -3.57. The van der Waals surface area contributed by atoms with Gasteiger partial charge in [-0.15, -0.1) is 11.3 Å². The average Bonchev–Trinajstić information content (AvgIpc) is 3.26. The van der Waals surface area contributed by atoms with Gasteiger partial charge in [-0.1, -0.05) is 30.0 Å². The van der Waals surface area contributed by atoms with E-state index in [1.54, 1.807) is 41.7 Å². The molecular formula is C23H21N3O6S2. The van der Waals surface area contributed by atoms with Crippen molar-refractivity contribution in [1.82, 2.24) is 10.3 Å². The molecule has 0 saturated heterocycles. The zero-order chi connectivity index (χ0) is 23.9. The molecule has 1 aliphatic rings. The van der Waals surface area contributed by atoms with Crippen molar-refractivity contribution in [1.29, 1.82) is 0 Å². The molecule has 2 N–H and O–H groups in total. The third-order valence-electron chi connectivity index (χ3n) is 4.57. The standard InChI is InChI=1S/C23H21N3O6S2/c1-14-12-33-23(24-14)34-13-15-4-2-3-5-17(15)21(28)32-11-20(27)26-22(29)25-16-6-7-18-19(10-16)31-9-8-30-18/h2-7,10,12H,8-9,11,13H2,1H3,(H2,25,26,27,29). The number of nitrogens with zero attached hydrogens (tertiary/aromatic N) is 1. The first kappa shape index (κ1) is 23.6. The smallest absolute Gasteiger partial charge is 0.338 e. The van der Waals surface area contributed by atoms with Crippen molar-refractivity contribution in [2.45, 2.75) is 17.0 Å². The Labute approximate surface area is 203 Å². The highest BCUT2D eigenvalue weighted by Crippen LogP contribution is 2.32. The molecule has 0 unspecified atom stereocenters. The monoisotopic (exact) mass is 499 g/mol. The number of thiazole rings is 1. The number of nitrogens with one attached hydrogen (secondary N) is 2. The third kappa shape index (κ3) is 6.27. The van der Waals surface area contributed by atoms with Gasteiger partial charge in [0.2, 0.25) is 0 Å². The topological polar surface area (TPSA) is 116 Å². The predicted octanol–water partition coefficient (Wildman–Crippen LogP) is 4.02. The lowest BCUT2D eigenvalue weighted by molar-refractivity contribution is -0.123. The summed E-state index contributed by atoms with van der Waals surface area (Å²) in [6, 6.07) is 11.1. The highest BCUT2D eigenvalue weighted by molar-refractivity contribution is 8.00. The van der Waals surface area contributed by atoms with Crippen LogP contribution in [0.5, 0.6) is 11.5 Å². The zero-order valence-corrected chi connectivity index (χ0v) is 19.8. The van der Waals surface area contributed by atoms with Crippen LogP contribution in [-0.4, -0.2) is 42.7 Å². The maximum absolute atomic E-state index is 12.5. The van der Waals surface area contributed by atoms with Gasteiger partial charge in [-0.05, 0) is 30.7 Å². The fraction of sp³-hybridized carbons (Fsp3) is 0.217. The molecule has 0 spiro atoms. The Kier molecular flexibility index (Phi) is 7.65. The van der Waals surface area contributed by atoms with Crippen LogP contribution in [0.2, 0.25) is 0 Å². The van der Waals surface area contributed by atoms with E-state index in [2.05, 4.69) is 15.6 Å². The second kappa shape index (κ2) is 11.0. The molecule has 0 radical (unpaired) electrons. The van der Waals surface area contributed by atoms with E-state index in [1.807, 2.05) is 24.4 Å². The molecule has 0 bridgehead atoms. The van der Waals surface area contributed by atoms with Gasteiger partial charge in [-0.3, -0.25) is 10.1 Å². The molecule has 0 aliphatic carbocycles. The number of carbonyl (C=O) groups is 3. The highest BCUT2D eigenvalue weighted by Gasteiger charge is 2.17. The van der Waals surface area contributed by atoms with Gasteiger partial charge in [-0.2, -0.15) is 0 Å². The molecule has 34 heavy (non-hydrogen) atoms. The number of esters is 1. The molecule has 176 valence electrons. The number of aromatic nitrogens is 1. The van der Waals surface area contributed by atoms with Gasteiger partial charge in [-0.25, -0.2) is 14.6 Å². The number of urea groups is 1. The summed E-state index contributed by atoms with van der Waals surface area (Å²) >= 11 is 3.06. The van der Waals surface area contributed by atoms with Crippen LogP contribution in [-0.2, 0) is 15.3 Å². The zero-order valence-electron chi connectivity index (χ0n) is 18.2. The summed E-state index contributed by atoms with van der Waals surface area (Å²) in [6.07, 6.45) is 0. The van der Waals surface area contributed by atoms with Crippen LogP contribution in [0, 0.1) is 6.92 Å². The van der Waals surface area contributed by atoms with Crippen LogP contribution in [0.3, 0.4) is 0 Å². The molecule has 3 aromatic rings. The maximum atomic E-state index is 12.5. The van der Waals surface area contributed by atoms with Crippen molar-refractivity contribution in [2.24, 2.45) is 0 Å². The van der Waals surface area contributed by atoms with Crippen LogP contribution in [0.15, 0.2) is 52.2 Å². The van der Waals surface area contributed by atoms with Gasteiger partial charge in [0.05, 0.1) is 5.56 Å². The summed E-state index contributed by atoms with van der Waals surface area (Å²) in [6.45, 7) is 2.20. The van der Waals surface area contributed by atoms with E-state index in [9.17, 15) is 14.4 Å². The van der Waals surface area contributed by atoms with E-state index in [1.165, 1.54) is 11.8 Å². The van der Waals surface area contributed by atoms with Crippen LogP contribution < -0.4 is 20.1 Å². The summed E-state index contributed by atoms with van der Waals surface area (Å²) in [5.74, 6) is 0.219. The Balaban J connectivity index is 1.26. The Morgan fingerprint density at radius 1 is 1.12 bits per heavy atom. The van der Waals surface area contributed by atoms with E-state index in [-0.39, 0.29) is 0 Å². The van der Waals surface area contributed by atoms with Crippen molar-refractivity contribution in [3.8, 4) is 11.5 Å². The van der Waals surface area contributed by atoms with Gasteiger partial charge in [0.15, 0.2) is 18.1 Å². The highest BCUT2D eigenvalue weighted by atomic mass is 32.2. The molecular weight excluding hydrogens is 478 g/mol. The lowest BCUT2D eigenvalue weighted by Crippen LogP contribution is -2.37. The fourth-order valence-electron chi connectivity index (χ4n) is 3.04. The van der Waals surface area contributed by atoms with Crippen molar-refractivity contribution in [3.05, 3.63) is 64.7 Å². The van der Waals surface area contributed by atoms with E-state index in [0.29, 0.717) is 41.7 Å². The van der Waals surface area contributed by atoms with Crippen LogP contribution in [0.1, 0.15) is 21.6 Å². The van der Waals surface area contributed by atoms with Crippen LogP contribution in [0.4, 0.5) is 10.5 Å². The number of hydrogen-bond donors (Lipinski definition) is 2. The number of imide groups is 1. The van der Waals surface area contributed by atoms with Gasteiger partial charge in [0.1, 0.15) is 17.6 Å². The molecule has 3 amide bonds. The summed E-state index contributed by atoms with van der Waals surface area (Å²) in [5.41, 5.74) is 2.50. The predicted molar refractivity (Wildman–Crippen MR) is 128 cm³/mol. The minimum atomic E-state index is -0.756. The Morgan fingerprint density at radius 3 is 2.71 bits per heavy atom. The largest absolute Gasteiger partial charge is 0.486 e. The number of carbonyl (C=O) groups excluding carboxylic acids is 3. The maximum Gasteiger partial charge on any atom is 0.338 e. The van der Waals surface area contributed by atoms with Gasteiger partial charge in [0, 0.05) is 28.6 Å². The van der Waals surface area contributed by atoms with Crippen molar-refractivity contribution < 1.29 is 28.6 Å². The number of benzene rings is 2. The number of anilines is 1. The van der Waals surface area contributed by atoms with E-state index < -0.39 is 24.5 Å². The summed E-state index contributed by atoms with van der Waals surface area (Å²) in [5, 5.41) is 6.62. The SMILES string of the molecule is Cc1csc(SCc2ccccc2C(=O)OCC(=O)NC(=O)Nc2ccc3c(c2)OCCO3)n1. The number of rotatable bonds is 7. The van der Waals surface area contributed by atoms with Crippen LogP contribution in [0.25, 0.3) is 0 Å². The molecule has 0 atom stereocenters. The lowest BCUT2D eigenvalue weighted by Gasteiger charge is -2.19. The molecule has 2 heterocycles. The number of aryl methyl sites for hydroxylation is 1. The minimum Gasteiger partial charge on any atom is -0.486 e. The number of thioether (sulfide) groups is 1. The fourth-order valence-corrected chi connectivity index (χ4v) is 4.89. The normalized spacial score (nSPS) is 12.0. The Bertz CT molecular complexity index is 1210. The Morgan fingerprint density at radius 2 is 1.91 bits per heavy atom. The molecule has 2 aromatic carbocycles. The van der Waals surface area contributed by atoms with Gasteiger partial charge in [0.25, 0.3) is 5.91 Å². The number of hydrogen-bond acceptors (Lipinski definition) is 9. The number of ether oxygens (including phenoxy) is 3. The molecule has 0 saturated carbocycles. The summed E-state index contributed by atoms with van der Waals surface area (Å²) in [7, 11) is 0. The molecule has 1 aromatic heterocycles. The lowest BCUT2D eigenvalue weighted by atomic mass is 10.1. The first-order valence-electron chi connectivity index (χ1n) is 10.3. The second-order valence-corrected chi connectivity index (χ2v) is 9.22. The van der Waals surface area contributed by atoms with Crippen molar-refractivity contribution in [2.75, 3.05) is 25.1 Å². The third-order valence-corrected chi connectivity index (χ3v) is 6.76. The molecule has 11 heteroatoms. The van der Waals surface area contributed by atoms with Gasteiger partial charge >= 0.3 is 12.0 Å². The van der Waals surface area contributed by atoms with Crippen LogP contribution >= 0.6 is 23.1 Å². The number of amides is 3. The quantitative estimate of drug-likeness (QED) is 0.370.